The van der Waals surface area contributed by atoms with Crippen LogP contribution in [0.3, 0.4) is 0 Å². The number of hydrogen-bond donors (Lipinski definition) is 0. The summed E-state index contributed by atoms with van der Waals surface area (Å²) in [5, 5.41) is 0. The quantitative estimate of drug-likeness (QED) is 0.664. The summed E-state index contributed by atoms with van der Waals surface area (Å²) in [5.74, 6) is -0.426. The average molecular weight is 201 g/mol. The number of nitrogens with zero attached hydrogens (tertiary/aromatic N) is 1. The van der Waals surface area contributed by atoms with Crippen molar-refractivity contribution >= 4 is 10.0 Å². The molecule has 5 heteroatoms. The SMILES string of the molecule is O=S(=O)(c1ccc(F)cc1)N1CC1. The van der Waals surface area contributed by atoms with E-state index in [1.807, 2.05) is 0 Å². The Hall–Kier alpha value is -0.940. The fraction of sp³-hybridized carbons (Fsp3) is 0.250. The molecule has 0 unspecified atom stereocenters. The van der Waals surface area contributed by atoms with Crippen LogP contribution < -0.4 is 0 Å². The second-order valence-electron chi connectivity index (χ2n) is 2.86. The Morgan fingerprint density at radius 2 is 1.69 bits per heavy atom. The molecule has 0 aliphatic carbocycles. The van der Waals surface area contributed by atoms with Crippen molar-refractivity contribution in [3.8, 4) is 0 Å². The van der Waals surface area contributed by atoms with Gasteiger partial charge in [0.2, 0.25) is 10.0 Å². The van der Waals surface area contributed by atoms with Crippen molar-refractivity contribution < 1.29 is 12.8 Å². The molecule has 0 atom stereocenters. The predicted octanol–water partition coefficient (Wildman–Crippen LogP) is 0.830. The zero-order valence-corrected chi connectivity index (χ0v) is 7.59. The molecule has 0 bridgehead atoms. The first-order valence-corrected chi connectivity index (χ1v) is 5.30. The third-order valence-electron chi connectivity index (χ3n) is 1.86. The van der Waals surface area contributed by atoms with Crippen LogP contribution in [0.2, 0.25) is 0 Å². The number of benzene rings is 1. The van der Waals surface area contributed by atoms with Crippen LogP contribution in [0.5, 0.6) is 0 Å². The van der Waals surface area contributed by atoms with Gasteiger partial charge in [0.15, 0.2) is 0 Å². The van der Waals surface area contributed by atoms with Crippen LogP contribution in [0, 0.1) is 5.82 Å². The monoisotopic (exact) mass is 201 g/mol. The molecule has 70 valence electrons. The Labute approximate surface area is 75.8 Å². The van der Waals surface area contributed by atoms with E-state index in [1.165, 1.54) is 16.4 Å². The molecule has 2 rings (SSSR count). The minimum Gasteiger partial charge on any atom is -0.207 e. The van der Waals surface area contributed by atoms with Gasteiger partial charge in [-0.05, 0) is 24.3 Å². The standard InChI is InChI=1S/C8H8FNO2S/c9-7-1-3-8(4-2-7)13(11,12)10-5-6-10/h1-4H,5-6H2. The fourth-order valence-corrected chi connectivity index (χ4v) is 2.38. The van der Waals surface area contributed by atoms with Crippen LogP contribution in [0.15, 0.2) is 29.2 Å². The van der Waals surface area contributed by atoms with Gasteiger partial charge in [-0.15, -0.1) is 0 Å². The summed E-state index contributed by atoms with van der Waals surface area (Å²) in [6.45, 7) is 1.14. The van der Waals surface area contributed by atoms with E-state index in [0.29, 0.717) is 13.1 Å². The molecule has 1 heterocycles. The zero-order valence-electron chi connectivity index (χ0n) is 6.77. The molecule has 13 heavy (non-hydrogen) atoms. The molecular weight excluding hydrogens is 193 g/mol. The van der Waals surface area contributed by atoms with Crippen molar-refractivity contribution in [3.05, 3.63) is 30.1 Å². The van der Waals surface area contributed by atoms with Crippen molar-refractivity contribution in [1.29, 1.82) is 0 Å². The van der Waals surface area contributed by atoms with E-state index in [-0.39, 0.29) is 4.90 Å². The van der Waals surface area contributed by atoms with Gasteiger partial charge >= 0.3 is 0 Å². The second-order valence-corrected chi connectivity index (χ2v) is 4.80. The lowest BCUT2D eigenvalue weighted by Gasteiger charge is -2.02. The number of hydrogen-bond acceptors (Lipinski definition) is 2. The summed E-state index contributed by atoms with van der Waals surface area (Å²) in [7, 11) is -3.32. The van der Waals surface area contributed by atoms with Crippen LogP contribution in [0.1, 0.15) is 0 Å². The molecule has 0 saturated carbocycles. The molecule has 0 spiro atoms. The van der Waals surface area contributed by atoms with Crippen molar-refractivity contribution in [2.75, 3.05) is 13.1 Å². The van der Waals surface area contributed by atoms with Crippen molar-refractivity contribution in [2.45, 2.75) is 4.90 Å². The maximum absolute atomic E-state index is 12.5. The average Bonchev–Trinajstić information content (AvgIpc) is 2.87. The molecule has 3 nitrogen and oxygen atoms in total. The Kier molecular flexibility index (Phi) is 1.85. The van der Waals surface area contributed by atoms with Gasteiger partial charge in [-0.25, -0.2) is 12.8 Å². The molecular formula is C8H8FNO2S. The fourth-order valence-electron chi connectivity index (χ4n) is 1.04. The summed E-state index contributed by atoms with van der Waals surface area (Å²) < 4.78 is 36.8. The van der Waals surface area contributed by atoms with E-state index < -0.39 is 15.8 Å². The Bertz CT molecular complexity index is 408. The minimum atomic E-state index is -3.32. The summed E-state index contributed by atoms with van der Waals surface area (Å²) >= 11 is 0. The van der Waals surface area contributed by atoms with Gasteiger partial charge in [0, 0.05) is 13.1 Å². The molecule has 0 aromatic heterocycles. The molecule has 1 fully saturated rings. The second kappa shape index (κ2) is 2.78. The first-order chi connectivity index (χ1) is 6.10. The first-order valence-electron chi connectivity index (χ1n) is 3.86. The molecule has 0 radical (unpaired) electrons. The topological polar surface area (TPSA) is 37.1 Å². The van der Waals surface area contributed by atoms with Gasteiger partial charge in [-0.3, -0.25) is 0 Å². The smallest absolute Gasteiger partial charge is 0.207 e. The Morgan fingerprint density at radius 1 is 1.15 bits per heavy atom. The number of sulfonamides is 1. The molecule has 0 amide bonds. The Balaban J connectivity index is 2.40. The highest BCUT2D eigenvalue weighted by Gasteiger charge is 2.32. The van der Waals surface area contributed by atoms with E-state index in [1.54, 1.807) is 0 Å². The third-order valence-corrected chi connectivity index (χ3v) is 3.77. The lowest BCUT2D eigenvalue weighted by atomic mass is 10.4. The van der Waals surface area contributed by atoms with Crippen molar-refractivity contribution in [2.24, 2.45) is 0 Å². The van der Waals surface area contributed by atoms with Crippen LogP contribution in [-0.4, -0.2) is 25.8 Å². The molecule has 1 aliphatic heterocycles. The maximum atomic E-state index is 12.5. The van der Waals surface area contributed by atoms with Gasteiger partial charge in [0.1, 0.15) is 5.82 Å². The largest absolute Gasteiger partial charge is 0.243 e. The van der Waals surface area contributed by atoms with Gasteiger partial charge in [0.25, 0.3) is 0 Å². The van der Waals surface area contributed by atoms with Gasteiger partial charge in [0.05, 0.1) is 4.90 Å². The van der Waals surface area contributed by atoms with Crippen LogP contribution >= 0.6 is 0 Å². The molecule has 1 saturated heterocycles. The lowest BCUT2D eigenvalue weighted by molar-refractivity contribution is 0.562. The Morgan fingerprint density at radius 3 is 2.15 bits per heavy atom. The maximum Gasteiger partial charge on any atom is 0.243 e. The van der Waals surface area contributed by atoms with Crippen molar-refractivity contribution in [1.82, 2.24) is 4.31 Å². The minimum absolute atomic E-state index is 0.159. The number of rotatable bonds is 2. The summed E-state index contributed by atoms with van der Waals surface area (Å²) in [4.78, 5) is 0.159. The van der Waals surface area contributed by atoms with Gasteiger partial charge in [-0.2, -0.15) is 4.31 Å². The van der Waals surface area contributed by atoms with E-state index >= 15 is 0 Å². The highest BCUT2D eigenvalue weighted by molar-refractivity contribution is 7.89. The summed E-state index contributed by atoms with van der Waals surface area (Å²) in [6.07, 6.45) is 0. The van der Waals surface area contributed by atoms with E-state index in [0.717, 1.165) is 12.1 Å². The first kappa shape index (κ1) is 8.65. The molecule has 0 N–H and O–H groups in total. The number of halogens is 1. The van der Waals surface area contributed by atoms with Gasteiger partial charge < -0.3 is 0 Å². The highest BCUT2D eigenvalue weighted by Crippen LogP contribution is 2.21. The molecule has 1 aliphatic rings. The van der Waals surface area contributed by atoms with Crippen LogP contribution in [0.4, 0.5) is 4.39 Å². The predicted molar refractivity (Wildman–Crippen MR) is 45.2 cm³/mol. The van der Waals surface area contributed by atoms with E-state index in [4.69, 9.17) is 0 Å². The van der Waals surface area contributed by atoms with E-state index in [2.05, 4.69) is 0 Å². The lowest BCUT2D eigenvalue weighted by Crippen LogP contribution is -2.11. The summed E-state index contributed by atoms with van der Waals surface area (Å²) in [5.41, 5.74) is 0. The molecule has 1 aromatic carbocycles. The van der Waals surface area contributed by atoms with Crippen LogP contribution in [0.25, 0.3) is 0 Å². The third kappa shape index (κ3) is 1.57. The van der Waals surface area contributed by atoms with Crippen LogP contribution in [-0.2, 0) is 10.0 Å². The van der Waals surface area contributed by atoms with E-state index in [9.17, 15) is 12.8 Å². The normalized spacial score (nSPS) is 17.3. The van der Waals surface area contributed by atoms with Crippen molar-refractivity contribution in [3.63, 3.8) is 0 Å². The highest BCUT2D eigenvalue weighted by atomic mass is 32.2. The zero-order chi connectivity index (χ0) is 9.47. The summed E-state index contributed by atoms with van der Waals surface area (Å²) in [6, 6.07) is 4.86. The molecule has 1 aromatic rings. The van der Waals surface area contributed by atoms with Gasteiger partial charge in [-0.1, -0.05) is 0 Å².